The molecule has 3 heteroatoms. The highest BCUT2D eigenvalue weighted by atomic mass is 15.1. The monoisotopic (exact) mass is 843 g/mol. The number of hydrogen-bond acceptors (Lipinski definition) is 1. The van der Waals surface area contributed by atoms with Crippen LogP contribution in [-0.4, -0.2) is 9.13 Å². The molecule has 10 aromatic carbocycles. The van der Waals surface area contributed by atoms with Gasteiger partial charge in [0.15, 0.2) is 0 Å². The van der Waals surface area contributed by atoms with Crippen LogP contribution < -0.4 is 4.90 Å². The predicted octanol–water partition coefficient (Wildman–Crippen LogP) is 17.0. The van der Waals surface area contributed by atoms with E-state index in [0.29, 0.717) is 0 Å². The molecule has 2 aromatic heterocycles. The lowest BCUT2D eigenvalue weighted by Gasteiger charge is -2.28. The number of anilines is 3. The first-order chi connectivity index (χ1) is 32.5. The number of para-hydroxylation sites is 5. The van der Waals surface area contributed by atoms with Gasteiger partial charge in [0.1, 0.15) is 0 Å². The molecule has 0 fully saturated rings. The highest BCUT2D eigenvalue weighted by molar-refractivity contribution is 6.10. The molecule has 0 unspecified atom stereocenters. The minimum Gasteiger partial charge on any atom is -0.310 e. The number of benzene rings is 10. The van der Waals surface area contributed by atoms with Gasteiger partial charge in [0.25, 0.3) is 0 Å². The van der Waals surface area contributed by atoms with Crippen molar-refractivity contribution < 1.29 is 0 Å². The van der Waals surface area contributed by atoms with E-state index in [2.05, 4.69) is 264 Å². The number of rotatable bonds is 7. The van der Waals surface area contributed by atoms with E-state index < -0.39 is 0 Å². The number of nitrogens with zero attached hydrogens (tertiary/aromatic N) is 3. The van der Waals surface area contributed by atoms with Gasteiger partial charge in [0.2, 0.25) is 0 Å². The number of fused-ring (bicyclic) bond motifs is 9. The quantitative estimate of drug-likeness (QED) is 0.156. The first-order valence-electron chi connectivity index (χ1n) is 22.9. The summed E-state index contributed by atoms with van der Waals surface area (Å²) in [4.78, 5) is 2.42. The Balaban J connectivity index is 0.914. The van der Waals surface area contributed by atoms with E-state index in [1.54, 1.807) is 0 Å². The summed E-state index contributed by atoms with van der Waals surface area (Å²) in [5, 5.41) is 5.05. The Morgan fingerprint density at radius 1 is 0.318 bits per heavy atom. The molecule has 66 heavy (non-hydrogen) atoms. The van der Waals surface area contributed by atoms with Crippen LogP contribution in [-0.2, 0) is 5.41 Å². The molecule has 1 aliphatic rings. The fourth-order valence-electron chi connectivity index (χ4n) is 11.0. The maximum Gasteiger partial charge on any atom is 0.0541 e. The molecule has 0 atom stereocenters. The molecule has 0 radical (unpaired) electrons. The molecule has 312 valence electrons. The van der Waals surface area contributed by atoms with Crippen molar-refractivity contribution in [1.29, 1.82) is 0 Å². The molecule has 1 aliphatic carbocycles. The molecule has 2 heterocycles. The van der Waals surface area contributed by atoms with Crippen LogP contribution in [0.1, 0.15) is 25.0 Å². The van der Waals surface area contributed by atoms with E-state index in [4.69, 9.17) is 0 Å². The van der Waals surface area contributed by atoms with Gasteiger partial charge in [0.05, 0.1) is 27.8 Å². The van der Waals surface area contributed by atoms with Crippen LogP contribution in [0.3, 0.4) is 0 Å². The van der Waals surface area contributed by atoms with E-state index >= 15 is 0 Å². The fourth-order valence-corrected chi connectivity index (χ4v) is 11.0. The Labute approximate surface area is 384 Å². The van der Waals surface area contributed by atoms with Gasteiger partial charge in [-0.3, -0.25) is 0 Å². The van der Waals surface area contributed by atoms with Crippen molar-refractivity contribution in [3.05, 3.63) is 248 Å². The topological polar surface area (TPSA) is 13.1 Å². The van der Waals surface area contributed by atoms with Crippen LogP contribution in [0.25, 0.3) is 88.4 Å². The fraction of sp³-hybridized carbons (Fsp3) is 0.0476. The van der Waals surface area contributed by atoms with Crippen molar-refractivity contribution in [2.75, 3.05) is 4.90 Å². The summed E-state index contributed by atoms with van der Waals surface area (Å²) >= 11 is 0. The average Bonchev–Trinajstić information content (AvgIpc) is 3.97. The van der Waals surface area contributed by atoms with E-state index in [1.165, 1.54) is 88.1 Å². The van der Waals surface area contributed by atoms with Crippen molar-refractivity contribution in [2.45, 2.75) is 19.3 Å². The maximum absolute atomic E-state index is 2.42. The largest absolute Gasteiger partial charge is 0.310 e. The third-order valence-electron chi connectivity index (χ3n) is 14.1. The second kappa shape index (κ2) is 14.8. The Hall–Kier alpha value is -8.40. The lowest BCUT2D eigenvalue weighted by Crippen LogP contribution is -2.16. The van der Waals surface area contributed by atoms with Crippen LogP contribution in [0.2, 0.25) is 0 Å². The third kappa shape index (κ3) is 5.83. The first kappa shape index (κ1) is 38.1. The highest BCUT2D eigenvalue weighted by Gasteiger charge is 2.35. The Morgan fingerprint density at radius 3 is 1.39 bits per heavy atom. The lowest BCUT2D eigenvalue weighted by atomic mass is 9.82. The van der Waals surface area contributed by atoms with Crippen LogP contribution in [0.5, 0.6) is 0 Å². The van der Waals surface area contributed by atoms with Crippen LogP contribution >= 0.6 is 0 Å². The van der Waals surface area contributed by atoms with Gasteiger partial charge < -0.3 is 14.0 Å². The molecule has 0 aliphatic heterocycles. The third-order valence-corrected chi connectivity index (χ3v) is 14.1. The van der Waals surface area contributed by atoms with Gasteiger partial charge in [-0.1, -0.05) is 172 Å². The molecule has 0 N–H and O–H groups in total. The van der Waals surface area contributed by atoms with Crippen molar-refractivity contribution in [3.63, 3.8) is 0 Å². The van der Waals surface area contributed by atoms with Crippen molar-refractivity contribution in [2.24, 2.45) is 0 Å². The first-order valence-corrected chi connectivity index (χ1v) is 22.9. The zero-order chi connectivity index (χ0) is 43.9. The van der Waals surface area contributed by atoms with Crippen LogP contribution in [0, 0.1) is 0 Å². The van der Waals surface area contributed by atoms with Gasteiger partial charge >= 0.3 is 0 Å². The molecule has 12 aromatic rings. The van der Waals surface area contributed by atoms with E-state index in [-0.39, 0.29) is 5.41 Å². The molecule has 3 nitrogen and oxygen atoms in total. The van der Waals surface area contributed by atoms with Crippen LogP contribution in [0.15, 0.2) is 237 Å². The normalized spacial score (nSPS) is 12.8. The Bertz CT molecular complexity index is 3740. The van der Waals surface area contributed by atoms with E-state index in [9.17, 15) is 0 Å². The van der Waals surface area contributed by atoms with Gasteiger partial charge in [-0.25, -0.2) is 0 Å². The SMILES string of the molecule is CC1(C)c2ccccc2-c2ccc(N(c3ccc(-c4cccc(-n5c6ccccc6c6ccccc65)c4)cc3)c3ccc(-c4ccccc4-n4c5ccccc5c5ccccc54)cc3)cc21. The lowest BCUT2D eigenvalue weighted by molar-refractivity contribution is 0.660. The van der Waals surface area contributed by atoms with Crippen molar-refractivity contribution in [1.82, 2.24) is 9.13 Å². The molecule has 0 amide bonds. The van der Waals surface area contributed by atoms with E-state index in [1.807, 2.05) is 0 Å². The number of aromatic nitrogens is 2. The standard InChI is InChI=1S/C63H45N3/c1-63(2)56-24-9-3-19-50(56)51-39-38-48(41-57(51)63)64(45-34-30-42(31-35-45)44-16-15-17-47(40-44)65-59-26-11-5-20-52(59)53-21-6-12-27-60(53)65)46-36-32-43(33-37-46)49-18-4-10-25-58(49)66-61-28-13-7-22-54(61)55-23-8-14-29-62(55)66/h3-41H,1-2H3. The smallest absolute Gasteiger partial charge is 0.0541 e. The second-order valence-corrected chi connectivity index (χ2v) is 18.1. The van der Waals surface area contributed by atoms with Gasteiger partial charge in [-0.2, -0.15) is 0 Å². The van der Waals surface area contributed by atoms with Gasteiger partial charge in [-0.05, 0) is 118 Å². The molecular weight excluding hydrogens is 799 g/mol. The molecule has 0 spiro atoms. The molecule has 0 saturated heterocycles. The molecule has 0 bridgehead atoms. The van der Waals surface area contributed by atoms with Gasteiger partial charge in [0, 0.05) is 55.3 Å². The summed E-state index contributed by atoms with van der Waals surface area (Å²) in [5.74, 6) is 0. The predicted molar refractivity (Wildman–Crippen MR) is 278 cm³/mol. The minimum atomic E-state index is -0.126. The summed E-state index contributed by atoms with van der Waals surface area (Å²) in [6.07, 6.45) is 0. The summed E-state index contributed by atoms with van der Waals surface area (Å²) in [6.45, 7) is 4.72. The van der Waals surface area contributed by atoms with Crippen LogP contribution in [0.4, 0.5) is 17.1 Å². The second-order valence-electron chi connectivity index (χ2n) is 18.1. The number of hydrogen-bond donors (Lipinski definition) is 0. The minimum absolute atomic E-state index is 0.126. The summed E-state index contributed by atoms with van der Waals surface area (Å²) < 4.78 is 4.81. The average molecular weight is 844 g/mol. The van der Waals surface area contributed by atoms with E-state index in [0.717, 1.165) is 28.4 Å². The summed E-state index contributed by atoms with van der Waals surface area (Å²) in [7, 11) is 0. The van der Waals surface area contributed by atoms with Crippen molar-refractivity contribution >= 4 is 60.7 Å². The molecule has 0 saturated carbocycles. The maximum atomic E-state index is 2.42. The highest BCUT2D eigenvalue weighted by Crippen LogP contribution is 2.51. The van der Waals surface area contributed by atoms with Gasteiger partial charge in [-0.15, -0.1) is 0 Å². The van der Waals surface area contributed by atoms with Crippen molar-refractivity contribution in [3.8, 4) is 44.8 Å². The Kier molecular flexibility index (Phi) is 8.56. The molecule has 13 rings (SSSR count). The summed E-state index contributed by atoms with van der Waals surface area (Å²) in [6, 6.07) is 86.8. The molecular formula is C63H45N3. The zero-order valence-corrected chi connectivity index (χ0v) is 36.9. The zero-order valence-electron chi connectivity index (χ0n) is 36.9. The summed E-state index contributed by atoms with van der Waals surface area (Å²) in [5.41, 5.74) is 20.4. The Morgan fingerprint density at radius 2 is 0.788 bits per heavy atom.